The predicted molar refractivity (Wildman–Crippen MR) is 175 cm³/mol. The van der Waals surface area contributed by atoms with Crippen molar-refractivity contribution in [2.45, 2.75) is 0 Å². The molecule has 1 aliphatic rings. The zero-order valence-corrected chi connectivity index (χ0v) is 22.6. The maximum Gasteiger partial charge on any atom is 0.143 e. The van der Waals surface area contributed by atoms with Crippen molar-refractivity contribution in [1.29, 1.82) is 0 Å². The number of hydrogen-bond donors (Lipinski definition) is 0. The maximum atomic E-state index is 6.35. The topological polar surface area (TPSA) is 18.1 Å². The largest absolute Gasteiger partial charge is 0.455 e. The summed E-state index contributed by atoms with van der Waals surface area (Å²) >= 11 is 0. The summed E-state index contributed by atoms with van der Waals surface area (Å²) in [5, 5.41) is 7.58. The third-order valence-electron chi connectivity index (χ3n) is 9.15. The molecule has 1 aliphatic carbocycles. The molecule has 2 nitrogen and oxygen atoms in total. The highest BCUT2D eigenvalue weighted by Gasteiger charge is 2.24. The maximum absolute atomic E-state index is 6.35. The molecule has 0 N–H and O–H groups in total. The van der Waals surface area contributed by atoms with E-state index in [1.807, 2.05) is 12.1 Å². The first-order valence-corrected chi connectivity index (χ1v) is 14.4. The lowest BCUT2D eigenvalue weighted by Gasteiger charge is -2.14. The van der Waals surface area contributed by atoms with Crippen molar-refractivity contribution in [2.75, 3.05) is 0 Å². The van der Waals surface area contributed by atoms with Gasteiger partial charge in [-0.2, -0.15) is 0 Å². The van der Waals surface area contributed by atoms with Crippen molar-refractivity contribution in [3.05, 3.63) is 140 Å². The van der Waals surface area contributed by atoms with E-state index in [1.165, 1.54) is 54.8 Å². The summed E-state index contributed by atoms with van der Waals surface area (Å²) in [5.74, 6) is 0. The van der Waals surface area contributed by atoms with E-state index in [0.29, 0.717) is 0 Å². The minimum atomic E-state index is 0.923. The number of hydrogen-bond acceptors (Lipinski definition) is 1. The van der Waals surface area contributed by atoms with E-state index in [1.54, 1.807) is 0 Å². The Morgan fingerprint density at radius 2 is 1.05 bits per heavy atom. The van der Waals surface area contributed by atoms with Crippen LogP contribution in [0.2, 0.25) is 0 Å². The predicted octanol–water partition coefficient (Wildman–Crippen LogP) is 11.2. The summed E-state index contributed by atoms with van der Waals surface area (Å²) in [7, 11) is 0. The summed E-state index contributed by atoms with van der Waals surface area (Å²) < 4.78 is 8.79. The van der Waals surface area contributed by atoms with Crippen LogP contribution in [0.15, 0.2) is 144 Å². The lowest BCUT2D eigenvalue weighted by molar-refractivity contribution is 0.670. The average molecular weight is 534 g/mol. The van der Waals surface area contributed by atoms with Crippen molar-refractivity contribution >= 4 is 54.5 Å². The van der Waals surface area contributed by atoms with Gasteiger partial charge in [0.15, 0.2) is 0 Å². The molecule has 9 aromatic rings. The lowest BCUT2D eigenvalue weighted by atomic mass is 9.93. The third-order valence-corrected chi connectivity index (χ3v) is 9.15. The van der Waals surface area contributed by atoms with Crippen LogP contribution in [-0.4, -0.2) is 4.57 Å². The summed E-state index contributed by atoms with van der Waals surface area (Å²) in [6.45, 7) is 0. The highest BCUT2D eigenvalue weighted by molar-refractivity contribution is 6.30. The van der Waals surface area contributed by atoms with Crippen LogP contribution in [-0.2, 0) is 0 Å². The van der Waals surface area contributed by atoms with Crippen LogP contribution < -0.4 is 0 Å². The Balaban J connectivity index is 1.24. The third kappa shape index (κ3) is 2.78. The second-order valence-electron chi connectivity index (χ2n) is 11.3. The minimum Gasteiger partial charge on any atom is -0.455 e. The van der Waals surface area contributed by atoms with Gasteiger partial charge in [-0.1, -0.05) is 109 Å². The van der Waals surface area contributed by atoms with Crippen molar-refractivity contribution in [2.24, 2.45) is 0 Å². The quantitative estimate of drug-likeness (QED) is 0.216. The summed E-state index contributed by atoms with van der Waals surface area (Å²) in [6, 6.07) is 50.5. The first-order chi connectivity index (χ1) is 20.8. The van der Waals surface area contributed by atoms with Gasteiger partial charge in [0.05, 0.1) is 11.0 Å². The standard InChI is InChI=1S/C40H23NO/c1-2-10-29-28(9-1)31-13-5-8-25-20-23-35-39(37(25)31)38-32(29)14-7-16-34(38)41(35)26-21-18-24(19-22-26)27-12-6-15-33-30-11-3-4-17-36(30)42-40(27)33/h1-23H. The van der Waals surface area contributed by atoms with Gasteiger partial charge in [-0.25, -0.2) is 0 Å². The summed E-state index contributed by atoms with van der Waals surface area (Å²) in [4.78, 5) is 0. The molecule has 0 saturated carbocycles. The molecule has 0 fully saturated rings. The van der Waals surface area contributed by atoms with Crippen molar-refractivity contribution in [3.8, 4) is 39.1 Å². The molecule has 0 spiro atoms. The van der Waals surface area contributed by atoms with Crippen LogP contribution in [0.5, 0.6) is 0 Å². The molecule has 0 radical (unpaired) electrons. The molecule has 42 heavy (non-hydrogen) atoms. The Morgan fingerprint density at radius 1 is 0.405 bits per heavy atom. The molecule has 194 valence electrons. The smallest absolute Gasteiger partial charge is 0.143 e. The lowest BCUT2D eigenvalue weighted by Crippen LogP contribution is -1.95. The van der Waals surface area contributed by atoms with Gasteiger partial charge >= 0.3 is 0 Å². The van der Waals surface area contributed by atoms with E-state index in [9.17, 15) is 0 Å². The molecule has 7 aromatic carbocycles. The van der Waals surface area contributed by atoms with Gasteiger partial charge in [0.2, 0.25) is 0 Å². The highest BCUT2D eigenvalue weighted by Crippen LogP contribution is 2.49. The van der Waals surface area contributed by atoms with E-state index in [2.05, 4.69) is 132 Å². The molecule has 2 heterocycles. The number of para-hydroxylation sites is 2. The molecule has 0 aliphatic heterocycles. The number of aromatic nitrogens is 1. The number of nitrogens with zero attached hydrogens (tertiary/aromatic N) is 1. The van der Waals surface area contributed by atoms with Gasteiger partial charge in [-0.15, -0.1) is 0 Å². The number of benzene rings is 7. The van der Waals surface area contributed by atoms with Gasteiger partial charge in [-0.3, -0.25) is 0 Å². The summed E-state index contributed by atoms with van der Waals surface area (Å²) in [5.41, 5.74) is 12.9. The first-order valence-electron chi connectivity index (χ1n) is 14.4. The molecular weight excluding hydrogens is 510 g/mol. The number of furan rings is 1. The molecule has 2 aromatic heterocycles. The monoisotopic (exact) mass is 533 g/mol. The zero-order chi connectivity index (χ0) is 27.4. The van der Waals surface area contributed by atoms with E-state index in [-0.39, 0.29) is 0 Å². The molecular formula is C40H23NO. The van der Waals surface area contributed by atoms with E-state index in [4.69, 9.17) is 4.42 Å². The first kappa shape index (κ1) is 22.1. The second kappa shape index (κ2) is 7.99. The fourth-order valence-electron chi connectivity index (χ4n) is 7.37. The highest BCUT2D eigenvalue weighted by atomic mass is 16.3. The fourth-order valence-corrected chi connectivity index (χ4v) is 7.37. The molecule has 2 heteroatoms. The van der Waals surface area contributed by atoms with Crippen LogP contribution in [0.4, 0.5) is 0 Å². The number of fused-ring (bicyclic) bond motifs is 6. The molecule has 0 amide bonds. The van der Waals surface area contributed by atoms with Crippen LogP contribution in [0.3, 0.4) is 0 Å². The SMILES string of the molecule is c1ccc2c(c1)-c1cccc3ccc4c(c13)c1c-2cccc1n4-c1ccc(-c2cccc3c2oc2ccccc23)cc1. The van der Waals surface area contributed by atoms with Gasteiger partial charge in [0.25, 0.3) is 0 Å². The Labute approximate surface area is 241 Å². The van der Waals surface area contributed by atoms with Gasteiger partial charge < -0.3 is 8.98 Å². The Kier molecular flexibility index (Phi) is 4.21. The molecule has 0 atom stereocenters. The van der Waals surface area contributed by atoms with Crippen molar-refractivity contribution in [1.82, 2.24) is 4.57 Å². The molecule has 0 saturated heterocycles. The normalized spacial score (nSPS) is 12.3. The average Bonchev–Trinajstić information content (AvgIpc) is 3.57. The van der Waals surface area contributed by atoms with E-state index < -0.39 is 0 Å². The summed E-state index contributed by atoms with van der Waals surface area (Å²) in [6.07, 6.45) is 0. The molecule has 0 unspecified atom stereocenters. The Morgan fingerprint density at radius 3 is 1.90 bits per heavy atom. The van der Waals surface area contributed by atoms with E-state index in [0.717, 1.165) is 38.8 Å². The van der Waals surface area contributed by atoms with Crippen molar-refractivity contribution < 1.29 is 4.42 Å². The Bertz CT molecular complexity index is 2560. The van der Waals surface area contributed by atoms with Gasteiger partial charge in [0.1, 0.15) is 11.2 Å². The molecule has 0 bridgehead atoms. The Hall–Kier alpha value is -5.60. The van der Waals surface area contributed by atoms with Gasteiger partial charge in [-0.05, 0) is 68.9 Å². The minimum absolute atomic E-state index is 0.923. The zero-order valence-electron chi connectivity index (χ0n) is 22.6. The van der Waals surface area contributed by atoms with Gasteiger partial charge in [0, 0.05) is 32.8 Å². The second-order valence-corrected chi connectivity index (χ2v) is 11.3. The number of rotatable bonds is 2. The van der Waals surface area contributed by atoms with E-state index >= 15 is 0 Å². The van der Waals surface area contributed by atoms with Crippen molar-refractivity contribution in [3.63, 3.8) is 0 Å². The van der Waals surface area contributed by atoms with Crippen LogP contribution in [0.25, 0.3) is 93.6 Å². The van der Waals surface area contributed by atoms with Crippen LogP contribution in [0, 0.1) is 0 Å². The molecule has 10 rings (SSSR count). The van der Waals surface area contributed by atoms with Crippen LogP contribution >= 0.6 is 0 Å². The van der Waals surface area contributed by atoms with Crippen LogP contribution in [0.1, 0.15) is 0 Å². The fraction of sp³-hybridized carbons (Fsp3) is 0.